The number of amides is 1. The van der Waals surface area contributed by atoms with E-state index in [1.165, 1.54) is 0 Å². The number of para-hydroxylation sites is 3. The number of carbonyl (C=O) groups is 1. The van der Waals surface area contributed by atoms with Crippen LogP contribution in [0.4, 0.5) is 0 Å². The van der Waals surface area contributed by atoms with Crippen LogP contribution < -0.4 is 4.74 Å². The number of aromatic nitrogens is 2. The van der Waals surface area contributed by atoms with Gasteiger partial charge in [-0.25, -0.2) is 4.98 Å². The fraction of sp³-hybridized carbons (Fsp3) is 0.364. The smallest absolute Gasteiger partial charge is 0.222 e. The van der Waals surface area contributed by atoms with Gasteiger partial charge in [-0.1, -0.05) is 37.3 Å². The van der Waals surface area contributed by atoms with Gasteiger partial charge in [0, 0.05) is 18.5 Å². The fourth-order valence-corrected chi connectivity index (χ4v) is 4.06. The third-order valence-corrected chi connectivity index (χ3v) is 5.38. The molecule has 1 fully saturated rings. The van der Waals surface area contributed by atoms with Crippen LogP contribution >= 0.6 is 0 Å². The molecule has 140 valence electrons. The third kappa shape index (κ3) is 3.18. The summed E-state index contributed by atoms with van der Waals surface area (Å²) in [6.07, 6.45) is 2.51. The van der Waals surface area contributed by atoms with Gasteiger partial charge in [0.05, 0.1) is 30.7 Å². The molecule has 3 aromatic rings. The number of imidazole rings is 1. The van der Waals surface area contributed by atoms with Crippen molar-refractivity contribution in [1.82, 2.24) is 14.5 Å². The van der Waals surface area contributed by atoms with Gasteiger partial charge < -0.3 is 14.2 Å². The maximum atomic E-state index is 12.5. The van der Waals surface area contributed by atoms with Gasteiger partial charge in [0.2, 0.25) is 5.91 Å². The average Bonchev–Trinajstić information content (AvgIpc) is 3.33. The lowest BCUT2D eigenvalue weighted by Crippen LogP contribution is -2.31. The highest BCUT2D eigenvalue weighted by Crippen LogP contribution is 2.34. The molecular formula is C22H25N3O2. The molecule has 2 aromatic carbocycles. The summed E-state index contributed by atoms with van der Waals surface area (Å²) in [5, 5.41) is 0. The molecule has 0 N–H and O–H groups in total. The topological polar surface area (TPSA) is 47.4 Å². The molecule has 1 aliphatic rings. The fourth-order valence-electron chi connectivity index (χ4n) is 4.06. The molecule has 1 atom stereocenters. The zero-order chi connectivity index (χ0) is 18.8. The quantitative estimate of drug-likeness (QED) is 0.684. The highest BCUT2D eigenvalue weighted by Gasteiger charge is 2.33. The highest BCUT2D eigenvalue weighted by atomic mass is 16.5. The first-order valence-electron chi connectivity index (χ1n) is 9.59. The molecule has 5 nitrogen and oxygen atoms in total. The summed E-state index contributed by atoms with van der Waals surface area (Å²) in [5.74, 6) is 2.05. The first-order chi connectivity index (χ1) is 13.2. The van der Waals surface area contributed by atoms with Crippen molar-refractivity contribution in [3.05, 3.63) is 59.9 Å². The van der Waals surface area contributed by atoms with Crippen molar-refractivity contribution in [2.24, 2.45) is 0 Å². The average molecular weight is 363 g/mol. The number of ether oxygens (including phenoxy) is 1. The Hall–Kier alpha value is -2.82. The lowest BCUT2D eigenvalue weighted by atomic mass is 10.1. The summed E-state index contributed by atoms with van der Waals surface area (Å²) in [4.78, 5) is 19.4. The second kappa shape index (κ2) is 7.43. The molecule has 1 amide bonds. The van der Waals surface area contributed by atoms with E-state index in [1.807, 2.05) is 48.2 Å². The Labute approximate surface area is 159 Å². The molecule has 27 heavy (non-hydrogen) atoms. The SMILES string of the molecule is CCC(=O)N1CCC[C@H]1c1nc2ccccc2n1Cc1ccccc1OC. The van der Waals surface area contributed by atoms with E-state index < -0.39 is 0 Å². The number of hydrogen-bond acceptors (Lipinski definition) is 3. The molecule has 0 radical (unpaired) electrons. The maximum absolute atomic E-state index is 12.5. The summed E-state index contributed by atoms with van der Waals surface area (Å²) < 4.78 is 7.80. The Morgan fingerprint density at radius 1 is 1.19 bits per heavy atom. The van der Waals surface area contributed by atoms with Crippen molar-refractivity contribution in [2.75, 3.05) is 13.7 Å². The number of methoxy groups -OCH3 is 1. The molecule has 4 rings (SSSR count). The van der Waals surface area contributed by atoms with Crippen LogP contribution in [-0.4, -0.2) is 34.0 Å². The minimum atomic E-state index is 0.0413. The lowest BCUT2D eigenvalue weighted by molar-refractivity contribution is -0.131. The molecule has 1 saturated heterocycles. The minimum absolute atomic E-state index is 0.0413. The van der Waals surface area contributed by atoms with E-state index in [0.717, 1.165) is 47.6 Å². The van der Waals surface area contributed by atoms with Crippen molar-refractivity contribution in [3.63, 3.8) is 0 Å². The second-order valence-electron chi connectivity index (χ2n) is 6.96. The van der Waals surface area contributed by atoms with Gasteiger partial charge in [-0.3, -0.25) is 4.79 Å². The van der Waals surface area contributed by atoms with Gasteiger partial charge in [-0.2, -0.15) is 0 Å². The molecule has 5 heteroatoms. The Bertz CT molecular complexity index is 963. The van der Waals surface area contributed by atoms with Gasteiger partial charge in [-0.05, 0) is 31.0 Å². The van der Waals surface area contributed by atoms with Crippen LogP contribution in [0.1, 0.15) is 43.6 Å². The molecule has 0 aliphatic carbocycles. The molecule has 0 bridgehead atoms. The van der Waals surface area contributed by atoms with E-state index >= 15 is 0 Å². The number of rotatable bonds is 5. The van der Waals surface area contributed by atoms with Crippen molar-refractivity contribution < 1.29 is 9.53 Å². The van der Waals surface area contributed by atoms with Gasteiger partial charge in [-0.15, -0.1) is 0 Å². The summed E-state index contributed by atoms with van der Waals surface area (Å²) in [6.45, 7) is 3.41. The summed E-state index contributed by atoms with van der Waals surface area (Å²) >= 11 is 0. The van der Waals surface area contributed by atoms with Gasteiger partial charge in [0.15, 0.2) is 0 Å². The number of carbonyl (C=O) groups excluding carboxylic acids is 1. The predicted octanol–water partition coefficient (Wildman–Crippen LogP) is 4.17. The first kappa shape index (κ1) is 17.6. The van der Waals surface area contributed by atoms with Crippen molar-refractivity contribution in [2.45, 2.75) is 38.8 Å². The molecule has 1 aromatic heterocycles. The van der Waals surface area contributed by atoms with Crippen LogP contribution in [0, 0.1) is 0 Å². The number of hydrogen-bond donors (Lipinski definition) is 0. The van der Waals surface area contributed by atoms with Crippen LogP contribution in [0.5, 0.6) is 5.75 Å². The number of nitrogens with zero attached hydrogens (tertiary/aromatic N) is 3. The van der Waals surface area contributed by atoms with Gasteiger partial charge in [0.1, 0.15) is 11.6 Å². The zero-order valence-electron chi connectivity index (χ0n) is 15.9. The number of fused-ring (bicyclic) bond motifs is 1. The van der Waals surface area contributed by atoms with Crippen LogP contribution in [0.2, 0.25) is 0 Å². The zero-order valence-corrected chi connectivity index (χ0v) is 15.9. The van der Waals surface area contributed by atoms with E-state index in [0.29, 0.717) is 13.0 Å². The normalized spacial score (nSPS) is 16.8. The van der Waals surface area contributed by atoms with E-state index in [9.17, 15) is 4.79 Å². The molecule has 2 heterocycles. The Balaban J connectivity index is 1.81. The summed E-state index contributed by atoms with van der Waals surface area (Å²) in [7, 11) is 1.70. The van der Waals surface area contributed by atoms with E-state index in [4.69, 9.17) is 9.72 Å². The van der Waals surface area contributed by atoms with Crippen molar-refractivity contribution >= 4 is 16.9 Å². The Morgan fingerprint density at radius 2 is 1.96 bits per heavy atom. The first-order valence-corrected chi connectivity index (χ1v) is 9.59. The number of likely N-dealkylation sites (tertiary alicyclic amines) is 1. The Kier molecular flexibility index (Phi) is 4.84. The molecule has 0 spiro atoms. The van der Waals surface area contributed by atoms with Crippen LogP contribution in [-0.2, 0) is 11.3 Å². The monoisotopic (exact) mass is 363 g/mol. The summed E-state index contributed by atoms with van der Waals surface area (Å²) in [5.41, 5.74) is 3.17. The van der Waals surface area contributed by atoms with Gasteiger partial charge >= 0.3 is 0 Å². The van der Waals surface area contributed by atoms with E-state index in [2.05, 4.69) is 16.7 Å². The van der Waals surface area contributed by atoms with Crippen LogP contribution in [0.15, 0.2) is 48.5 Å². The van der Waals surface area contributed by atoms with Gasteiger partial charge in [0.25, 0.3) is 0 Å². The third-order valence-electron chi connectivity index (χ3n) is 5.38. The maximum Gasteiger partial charge on any atom is 0.222 e. The predicted molar refractivity (Wildman–Crippen MR) is 106 cm³/mol. The van der Waals surface area contributed by atoms with E-state index in [-0.39, 0.29) is 11.9 Å². The molecule has 0 saturated carbocycles. The standard InChI is InChI=1S/C22H25N3O2/c1-3-21(26)24-14-8-12-19(24)22-23-17-10-5-6-11-18(17)25(22)15-16-9-4-7-13-20(16)27-2/h4-7,9-11,13,19H,3,8,12,14-15H2,1-2H3/t19-/m0/s1. The van der Waals surface area contributed by atoms with E-state index in [1.54, 1.807) is 7.11 Å². The highest BCUT2D eigenvalue weighted by molar-refractivity contribution is 5.78. The molecule has 1 aliphatic heterocycles. The van der Waals surface area contributed by atoms with Crippen molar-refractivity contribution in [1.29, 1.82) is 0 Å². The minimum Gasteiger partial charge on any atom is -0.496 e. The number of benzene rings is 2. The largest absolute Gasteiger partial charge is 0.496 e. The summed E-state index contributed by atoms with van der Waals surface area (Å²) in [6, 6.07) is 16.3. The lowest BCUT2D eigenvalue weighted by Gasteiger charge is -2.25. The Morgan fingerprint density at radius 3 is 2.78 bits per heavy atom. The second-order valence-corrected chi connectivity index (χ2v) is 6.96. The van der Waals surface area contributed by atoms with Crippen LogP contribution in [0.3, 0.4) is 0 Å². The van der Waals surface area contributed by atoms with Crippen LogP contribution in [0.25, 0.3) is 11.0 Å². The molecular weight excluding hydrogens is 338 g/mol. The van der Waals surface area contributed by atoms with Crippen molar-refractivity contribution in [3.8, 4) is 5.75 Å². The molecule has 0 unspecified atom stereocenters.